The van der Waals surface area contributed by atoms with E-state index in [1.807, 2.05) is 23.9 Å². The lowest BCUT2D eigenvalue weighted by Gasteiger charge is -2.08. The van der Waals surface area contributed by atoms with Gasteiger partial charge in [-0.05, 0) is 18.2 Å². The van der Waals surface area contributed by atoms with Crippen LogP contribution in [0.3, 0.4) is 0 Å². The predicted molar refractivity (Wildman–Crippen MR) is 71.3 cm³/mol. The Morgan fingerprint density at radius 2 is 2.33 bits per heavy atom. The number of ether oxygens (including phenoxy) is 1. The Labute approximate surface area is 114 Å². The van der Waals surface area contributed by atoms with Crippen molar-refractivity contribution in [1.29, 1.82) is 5.26 Å². The number of rotatable bonds is 4. The molecule has 1 aromatic heterocycles. The molecule has 1 aromatic carbocycles. The van der Waals surface area contributed by atoms with Crippen molar-refractivity contribution in [3.05, 3.63) is 46.5 Å². The molecule has 0 aliphatic carbocycles. The fourth-order valence-corrected chi connectivity index (χ4v) is 1.97. The largest absolute Gasteiger partial charge is 0.492 e. The lowest BCUT2D eigenvalue weighted by molar-refractivity contribution is 0.316. The fourth-order valence-electron chi connectivity index (χ4n) is 1.61. The Kier molecular flexibility index (Phi) is 4.00. The van der Waals surface area contributed by atoms with Gasteiger partial charge in [-0.15, -0.1) is 0 Å². The standard InChI is InChI=1S/C13H12BrN3O/c1-17-6-5-16-13(17)4-7-18-12-3-2-11(14)8-10(12)9-15/h2-3,5-6,8H,4,7H2,1H3. The van der Waals surface area contributed by atoms with Gasteiger partial charge in [-0.25, -0.2) is 4.98 Å². The summed E-state index contributed by atoms with van der Waals surface area (Å²) < 4.78 is 8.44. The van der Waals surface area contributed by atoms with Crippen LogP contribution in [0.1, 0.15) is 11.4 Å². The van der Waals surface area contributed by atoms with Crippen LogP contribution >= 0.6 is 15.9 Å². The molecule has 0 spiro atoms. The summed E-state index contributed by atoms with van der Waals surface area (Å²) in [5.74, 6) is 1.57. The second-order valence-corrected chi connectivity index (χ2v) is 4.72. The molecule has 0 unspecified atom stereocenters. The maximum Gasteiger partial charge on any atom is 0.137 e. The molecule has 0 saturated carbocycles. The van der Waals surface area contributed by atoms with E-state index in [0.717, 1.165) is 10.3 Å². The summed E-state index contributed by atoms with van der Waals surface area (Å²) in [7, 11) is 1.95. The van der Waals surface area contributed by atoms with E-state index in [1.54, 1.807) is 18.3 Å². The number of halogens is 1. The summed E-state index contributed by atoms with van der Waals surface area (Å²) in [5.41, 5.74) is 0.532. The third-order valence-electron chi connectivity index (χ3n) is 2.57. The minimum absolute atomic E-state index is 0.501. The van der Waals surface area contributed by atoms with Crippen molar-refractivity contribution in [2.45, 2.75) is 6.42 Å². The zero-order chi connectivity index (χ0) is 13.0. The first-order valence-corrected chi connectivity index (χ1v) is 6.28. The van der Waals surface area contributed by atoms with E-state index in [1.165, 1.54) is 0 Å². The number of nitriles is 1. The van der Waals surface area contributed by atoms with Crippen molar-refractivity contribution in [2.75, 3.05) is 6.61 Å². The zero-order valence-corrected chi connectivity index (χ0v) is 11.5. The van der Waals surface area contributed by atoms with Gasteiger partial charge in [0.15, 0.2) is 0 Å². The molecule has 5 heteroatoms. The van der Waals surface area contributed by atoms with Crippen molar-refractivity contribution in [2.24, 2.45) is 7.05 Å². The van der Waals surface area contributed by atoms with Crippen LogP contribution < -0.4 is 4.74 Å². The molecular weight excluding hydrogens is 294 g/mol. The lowest BCUT2D eigenvalue weighted by Crippen LogP contribution is -2.06. The third kappa shape index (κ3) is 2.90. The van der Waals surface area contributed by atoms with Gasteiger partial charge in [-0.2, -0.15) is 5.26 Å². The van der Waals surface area contributed by atoms with Gasteiger partial charge in [0.05, 0.1) is 12.2 Å². The number of aromatic nitrogens is 2. The van der Waals surface area contributed by atoms with Crippen molar-refractivity contribution in [3.63, 3.8) is 0 Å². The van der Waals surface area contributed by atoms with E-state index >= 15 is 0 Å². The second kappa shape index (κ2) is 5.69. The predicted octanol–water partition coefficient (Wildman–Crippen LogP) is 2.68. The van der Waals surface area contributed by atoms with Crippen molar-refractivity contribution in [1.82, 2.24) is 9.55 Å². The van der Waals surface area contributed by atoms with Crippen LogP contribution in [0, 0.1) is 11.3 Å². The summed E-state index contributed by atoms with van der Waals surface area (Å²) in [6.45, 7) is 0.501. The Balaban J connectivity index is 1.99. The molecule has 4 nitrogen and oxygen atoms in total. The molecule has 0 aliphatic rings. The SMILES string of the molecule is Cn1ccnc1CCOc1ccc(Br)cc1C#N. The van der Waals surface area contributed by atoms with Gasteiger partial charge in [0.1, 0.15) is 17.6 Å². The average Bonchev–Trinajstić information content (AvgIpc) is 2.77. The molecular formula is C13H12BrN3O. The van der Waals surface area contributed by atoms with Crippen molar-refractivity contribution in [3.8, 4) is 11.8 Å². The fraction of sp³-hybridized carbons (Fsp3) is 0.231. The highest BCUT2D eigenvalue weighted by atomic mass is 79.9. The molecule has 0 amide bonds. The molecule has 18 heavy (non-hydrogen) atoms. The number of hydrogen-bond donors (Lipinski definition) is 0. The molecule has 0 aliphatic heterocycles. The lowest BCUT2D eigenvalue weighted by atomic mass is 10.2. The van der Waals surface area contributed by atoms with E-state index in [2.05, 4.69) is 27.0 Å². The zero-order valence-electron chi connectivity index (χ0n) is 9.93. The van der Waals surface area contributed by atoms with Gasteiger partial charge in [-0.1, -0.05) is 15.9 Å². The Hall–Kier alpha value is -1.80. The summed E-state index contributed by atoms with van der Waals surface area (Å²) in [6.07, 6.45) is 4.37. The molecule has 0 radical (unpaired) electrons. The minimum Gasteiger partial charge on any atom is -0.492 e. The maximum absolute atomic E-state index is 9.00. The normalized spacial score (nSPS) is 10.1. The van der Waals surface area contributed by atoms with E-state index in [4.69, 9.17) is 10.00 Å². The first kappa shape index (κ1) is 12.7. The molecule has 0 fully saturated rings. The highest BCUT2D eigenvalue weighted by Gasteiger charge is 2.05. The van der Waals surface area contributed by atoms with Crippen LogP contribution in [-0.2, 0) is 13.5 Å². The monoisotopic (exact) mass is 305 g/mol. The average molecular weight is 306 g/mol. The second-order valence-electron chi connectivity index (χ2n) is 3.81. The highest BCUT2D eigenvalue weighted by Crippen LogP contribution is 2.22. The van der Waals surface area contributed by atoms with E-state index in [0.29, 0.717) is 24.3 Å². The van der Waals surface area contributed by atoms with Crippen molar-refractivity contribution < 1.29 is 4.74 Å². The van der Waals surface area contributed by atoms with Gasteiger partial charge in [0, 0.05) is 30.3 Å². The summed E-state index contributed by atoms with van der Waals surface area (Å²) in [6, 6.07) is 7.51. The van der Waals surface area contributed by atoms with Crippen LogP contribution in [-0.4, -0.2) is 16.2 Å². The van der Waals surface area contributed by atoms with Gasteiger partial charge < -0.3 is 9.30 Å². The van der Waals surface area contributed by atoms with Gasteiger partial charge in [-0.3, -0.25) is 0 Å². The Bertz CT molecular complexity index is 586. The quantitative estimate of drug-likeness (QED) is 0.872. The maximum atomic E-state index is 9.00. The molecule has 1 heterocycles. The van der Waals surface area contributed by atoms with E-state index in [9.17, 15) is 0 Å². The summed E-state index contributed by atoms with van der Waals surface area (Å²) >= 11 is 3.33. The van der Waals surface area contributed by atoms with Crippen LogP contribution in [0.15, 0.2) is 35.1 Å². The molecule has 0 saturated heterocycles. The Morgan fingerprint density at radius 1 is 1.50 bits per heavy atom. The number of benzene rings is 1. The van der Waals surface area contributed by atoms with E-state index in [-0.39, 0.29) is 0 Å². The first-order chi connectivity index (χ1) is 8.70. The highest BCUT2D eigenvalue weighted by molar-refractivity contribution is 9.10. The van der Waals surface area contributed by atoms with Crippen LogP contribution in [0.5, 0.6) is 5.75 Å². The molecule has 2 aromatic rings. The minimum atomic E-state index is 0.501. The molecule has 0 N–H and O–H groups in total. The topological polar surface area (TPSA) is 50.8 Å². The number of hydrogen-bond acceptors (Lipinski definition) is 3. The number of imidazole rings is 1. The number of nitrogens with zero attached hydrogens (tertiary/aromatic N) is 3. The molecule has 0 bridgehead atoms. The van der Waals surface area contributed by atoms with Gasteiger partial charge in [0.2, 0.25) is 0 Å². The Morgan fingerprint density at radius 3 is 3.00 bits per heavy atom. The van der Waals surface area contributed by atoms with Gasteiger partial charge >= 0.3 is 0 Å². The van der Waals surface area contributed by atoms with Crippen LogP contribution in [0.25, 0.3) is 0 Å². The van der Waals surface area contributed by atoms with Crippen molar-refractivity contribution >= 4 is 15.9 Å². The molecule has 2 rings (SSSR count). The van der Waals surface area contributed by atoms with Gasteiger partial charge in [0.25, 0.3) is 0 Å². The summed E-state index contributed by atoms with van der Waals surface area (Å²) in [5, 5.41) is 9.00. The van der Waals surface area contributed by atoms with Crippen LogP contribution in [0.4, 0.5) is 0 Å². The third-order valence-corrected chi connectivity index (χ3v) is 3.06. The smallest absolute Gasteiger partial charge is 0.137 e. The molecule has 92 valence electrons. The first-order valence-electron chi connectivity index (χ1n) is 5.49. The molecule has 0 atom stereocenters. The van der Waals surface area contributed by atoms with E-state index < -0.39 is 0 Å². The summed E-state index contributed by atoms with van der Waals surface area (Å²) in [4.78, 5) is 4.21. The number of aryl methyl sites for hydroxylation is 1. The van der Waals surface area contributed by atoms with Crippen LogP contribution in [0.2, 0.25) is 0 Å².